The van der Waals surface area contributed by atoms with Gasteiger partial charge >= 0.3 is 6.03 Å². The van der Waals surface area contributed by atoms with Gasteiger partial charge in [-0.25, -0.2) is 4.79 Å². The fourth-order valence-corrected chi connectivity index (χ4v) is 2.06. The zero-order chi connectivity index (χ0) is 12.6. The van der Waals surface area contributed by atoms with E-state index in [4.69, 9.17) is 4.74 Å². The molecule has 2 N–H and O–H groups in total. The van der Waals surface area contributed by atoms with E-state index < -0.39 is 0 Å². The first kappa shape index (κ1) is 12.9. The summed E-state index contributed by atoms with van der Waals surface area (Å²) in [5.41, 5.74) is 1.10. The molecule has 0 aliphatic carbocycles. The number of carbonyl (C=O) groups excluding carboxylic acids is 1. The van der Waals surface area contributed by atoms with Crippen LogP contribution in [0.2, 0.25) is 0 Å². The summed E-state index contributed by atoms with van der Waals surface area (Å²) >= 11 is 0. The first-order valence-electron chi connectivity index (χ1n) is 6.52. The Morgan fingerprint density at radius 1 is 1.28 bits per heavy atom. The number of rotatable bonds is 5. The average molecular weight is 248 g/mol. The van der Waals surface area contributed by atoms with Crippen LogP contribution < -0.4 is 10.6 Å². The second-order valence-electron chi connectivity index (χ2n) is 4.52. The van der Waals surface area contributed by atoms with Crippen molar-refractivity contribution in [2.45, 2.75) is 31.9 Å². The number of carbonyl (C=O) groups is 1. The first-order chi connectivity index (χ1) is 8.84. The van der Waals surface area contributed by atoms with E-state index in [1.807, 2.05) is 30.3 Å². The van der Waals surface area contributed by atoms with E-state index in [2.05, 4.69) is 10.6 Å². The molecule has 18 heavy (non-hydrogen) atoms. The fraction of sp³-hybridized carbons (Fsp3) is 0.500. The van der Waals surface area contributed by atoms with E-state index in [0.29, 0.717) is 19.2 Å². The third kappa shape index (κ3) is 4.37. The van der Waals surface area contributed by atoms with Crippen LogP contribution in [0.25, 0.3) is 0 Å². The topological polar surface area (TPSA) is 50.4 Å². The molecule has 0 radical (unpaired) electrons. The van der Waals surface area contributed by atoms with Gasteiger partial charge in [-0.1, -0.05) is 30.3 Å². The van der Waals surface area contributed by atoms with E-state index in [1.54, 1.807) is 0 Å². The Kier molecular flexibility index (Phi) is 5.02. The number of benzene rings is 1. The van der Waals surface area contributed by atoms with E-state index in [1.165, 1.54) is 0 Å². The van der Waals surface area contributed by atoms with Crippen LogP contribution in [0.4, 0.5) is 4.79 Å². The first-order valence-corrected chi connectivity index (χ1v) is 6.52. The molecule has 0 bridgehead atoms. The zero-order valence-electron chi connectivity index (χ0n) is 10.5. The van der Waals surface area contributed by atoms with Gasteiger partial charge in [0, 0.05) is 19.7 Å². The van der Waals surface area contributed by atoms with E-state index in [0.717, 1.165) is 31.4 Å². The molecule has 4 nitrogen and oxygen atoms in total. The fourth-order valence-electron chi connectivity index (χ4n) is 2.06. The van der Waals surface area contributed by atoms with Gasteiger partial charge in [0.25, 0.3) is 0 Å². The Bertz CT molecular complexity index is 361. The smallest absolute Gasteiger partial charge is 0.315 e. The van der Waals surface area contributed by atoms with Crippen molar-refractivity contribution < 1.29 is 9.53 Å². The predicted octanol–water partition coefficient (Wildman–Crippen LogP) is 2.05. The number of nitrogens with one attached hydrogen (secondary N) is 2. The minimum Gasteiger partial charge on any atom is -0.378 e. The van der Waals surface area contributed by atoms with E-state index in [-0.39, 0.29) is 6.03 Å². The molecule has 0 aromatic heterocycles. The standard InChI is InChI=1S/C14H20N2O2/c17-14(15-9-8-13-7-4-10-18-13)16-11-12-5-2-1-3-6-12/h1-3,5-6,13H,4,7-11H2,(H2,15,16,17)/t13-/m1/s1. The summed E-state index contributed by atoms with van der Waals surface area (Å²) in [7, 11) is 0. The third-order valence-corrected chi connectivity index (χ3v) is 3.07. The molecule has 0 spiro atoms. The van der Waals surface area contributed by atoms with Crippen LogP contribution in [0.1, 0.15) is 24.8 Å². The van der Waals surface area contributed by atoms with Crippen LogP contribution in [0, 0.1) is 0 Å². The maximum Gasteiger partial charge on any atom is 0.315 e. The van der Waals surface area contributed by atoms with Gasteiger partial charge in [-0.05, 0) is 24.8 Å². The maximum absolute atomic E-state index is 11.5. The predicted molar refractivity (Wildman–Crippen MR) is 70.3 cm³/mol. The van der Waals surface area contributed by atoms with Crippen LogP contribution >= 0.6 is 0 Å². The lowest BCUT2D eigenvalue weighted by atomic mass is 10.2. The highest BCUT2D eigenvalue weighted by Crippen LogP contribution is 2.14. The van der Waals surface area contributed by atoms with Crippen LogP contribution in [-0.4, -0.2) is 25.3 Å². The van der Waals surface area contributed by atoms with Gasteiger partial charge in [0.15, 0.2) is 0 Å². The van der Waals surface area contributed by atoms with Crippen molar-refractivity contribution in [1.29, 1.82) is 0 Å². The third-order valence-electron chi connectivity index (χ3n) is 3.07. The summed E-state index contributed by atoms with van der Waals surface area (Å²) in [5, 5.41) is 5.68. The molecular formula is C14H20N2O2. The normalized spacial score (nSPS) is 18.6. The Morgan fingerprint density at radius 3 is 2.83 bits per heavy atom. The summed E-state index contributed by atoms with van der Waals surface area (Å²) in [6.45, 7) is 2.10. The lowest BCUT2D eigenvalue weighted by molar-refractivity contribution is 0.104. The number of hydrogen-bond acceptors (Lipinski definition) is 2. The number of amides is 2. The van der Waals surface area contributed by atoms with E-state index >= 15 is 0 Å². The second-order valence-corrected chi connectivity index (χ2v) is 4.52. The van der Waals surface area contributed by atoms with Crippen molar-refractivity contribution in [2.75, 3.05) is 13.2 Å². The van der Waals surface area contributed by atoms with Crippen molar-refractivity contribution in [2.24, 2.45) is 0 Å². The highest BCUT2D eigenvalue weighted by molar-refractivity contribution is 5.73. The zero-order valence-corrected chi connectivity index (χ0v) is 10.5. The van der Waals surface area contributed by atoms with Crippen molar-refractivity contribution >= 4 is 6.03 Å². The molecule has 1 aromatic carbocycles. The molecule has 2 rings (SSSR count). The van der Waals surface area contributed by atoms with Crippen LogP contribution in [0.5, 0.6) is 0 Å². The maximum atomic E-state index is 11.5. The highest BCUT2D eigenvalue weighted by atomic mass is 16.5. The minimum atomic E-state index is -0.114. The lowest BCUT2D eigenvalue weighted by Crippen LogP contribution is -2.36. The molecule has 1 atom stereocenters. The molecule has 98 valence electrons. The Labute approximate surface area is 108 Å². The van der Waals surface area contributed by atoms with Crippen molar-refractivity contribution in [3.8, 4) is 0 Å². The SMILES string of the molecule is O=C(NCC[C@H]1CCCO1)NCc1ccccc1. The lowest BCUT2D eigenvalue weighted by Gasteiger charge is -2.11. The Hall–Kier alpha value is -1.55. The summed E-state index contributed by atoms with van der Waals surface area (Å²) in [6, 6.07) is 9.76. The number of hydrogen-bond donors (Lipinski definition) is 2. The van der Waals surface area contributed by atoms with Gasteiger partial charge in [-0.3, -0.25) is 0 Å². The van der Waals surface area contributed by atoms with E-state index in [9.17, 15) is 4.79 Å². The van der Waals surface area contributed by atoms with Crippen molar-refractivity contribution in [3.05, 3.63) is 35.9 Å². The number of urea groups is 1. The molecule has 1 fully saturated rings. The molecule has 0 unspecified atom stereocenters. The summed E-state index contributed by atoms with van der Waals surface area (Å²) in [5.74, 6) is 0. The summed E-state index contributed by atoms with van der Waals surface area (Å²) in [4.78, 5) is 11.5. The monoisotopic (exact) mass is 248 g/mol. The molecule has 1 aliphatic rings. The van der Waals surface area contributed by atoms with Crippen LogP contribution in [0.3, 0.4) is 0 Å². The van der Waals surface area contributed by atoms with Crippen LogP contribution in [-0.2, 0) is 11.3 Å². The van der Waals surface area contributed by atoms with Gasteiger partial charge in [-0.2, -0.15) is 0 Å². The van der Waals surface area contributed by atoms with Gasteiger partial charge in [0.1, 0.15) is 0 Å². The molecular weight excluding hydrogens is 228 g/mol. The summed E-state index contributed by atoms with van der Waals surface area (Å²) in [6.07, 6.45) is 3.50. The molecule has 1 aromatic rings. The Balaban J connectivity index is 1.57. The largest absolute Gasteiger partial charge is 0.378 e. The quantitative estimate of drug-likeness (QED) is 0.838. The Morgan fingerprint density at radius 2 is 2.11 bits per heavy atom. The van der Waals surface area contributed by atoms with Gasteiger partial charge in [0.05, 0.1) is 6.10 Å². The summed E-state index contributed by atoms with van der Waals surface area (Å²) < 4.78 is 5.49. The molecule has 0 saturated carbocycles. The molecule has 1 heterocycles. The molecule has 1 aliphatic heterocycles. The molecule has 4 heteroatoms. The minimum absolute atomic E-state index is 0.114. The van der Waals surface area contributed by atoms with Crippen molar-refractivity contribution in [1.82, 2.24) is 10.6 Å². The molecule has 2 amide bonds. The van der Waals surface area contributed by atoms with Crippen LogP contribution in [0.15, 0.2) is 30.3 Å². The average Bonchev–Trinajstić information content (AvgIpc) is 2.91. The van der Waals surface area contributed by atoms with Gasteiger partial charge in [0.2, 0.25) is 0 Å². The van der Waals surface area contributed by atoms with Gasteiger partial charge in [-0.15, -0.1) is 0 Å². The highest BCUT2D eigenvalue weighted by Gasteiger charge is 2.14. The second kappa shape index (κ2) is 7.01. The van der Waals surface area contributed by atoms with Crippen molar-refractivity contribution in [3.63, 3.8) is 0 Å². The number of ether oxygens (including phenoxy) is 1. The molecule has 1 saturated heterocycles. The van der Waals surface area contributed by atoms with Gasteiger partial charge < -0.3 is 15.4 Å².